The second kappa shape index (κ2) is 9.33. The number of anilines is 1. The van der Waals surface area contributed by atoms with Gasteiger partial charge in [0.15, 0.2) is 0 Å². The zero-order chi connectivity index (χ0) is 27.1. The number of nitrogens with zero attached hydrogens (tertiary/aromatic N) is 2. The summed E-state index contributed by atoms with van der Waals surface area (Å²) in [5.41, 5.74) is 5.89. The lowest BCUT2D eigenvalue weighted by Crippen LogP contribution is -2.60. The van der Waals surface area contributed by atoms with E-state index in [0.29, 0.717) is 22.4 Å². The van der Waals surface area contributed by atoms with Gasteiger partial charge in [0.1, 0.15) is 11.4 Å². The Kier molecular flexibility index (Phi) is 6.27. The highest BCUT2D eigenvalue weighted by Gasteiger charge is 2.58. The number of hydrogen-bond acceptors (Lipinski definition) is 6. The van der Waals surface area contributed by atoms with Crippen LogP contribution in [0.1, 0.15) is 39.2 Å². The SMILES string of the molecule is CC(C)(C)OC(=O)NC1(c2ccc(-c3nc4ccc(NN)nc4cc3-c3ccccc3)cc2)CC(F)(F)C1. The van der Waals surface area contributed by atoms with Gasteiger partial charge in [-0.25, -0.2) is 29.4 Å². The van der Waals surface area contributed by atoms with E-state index in [-0.39, 0.29) is 0 Å². The molecule has 9 heteroatoms. The molecule has 38 heavy (non-hydrogen) atoms. The molecule has 0 bridgehead atoms. The molecule has 1 aliphatic rings. The molecule has 0 aliphatic heterocycles. The molecule has 0 atom stereocenters. The fraction of sp³-hybridized carbons (Fsp3) is 0.276. The van der Waals surface area contributed by atoms with Crippen molar-refractivity contribution in [1.29, 1.82) is 0 Å². The predicted octanol–water partition coefficient (Wildman–Crippen LogP) is 6.40. The molecule has 0 saturated heterocycles. The average Bonchev–Trinajstić information content (AvgIpc) is 2.85. The first kappa shape index (κ1) is 25.5. The highest BCUT2D eigenvalue weighted by molar-refractivity contribution is 5.90. The van der Waals surface area contributed by atoms with E-state index in [1.54, 1.807) is 39.0 Å². The normalized spacial score (nSPS) is 15.9. The molecule has 2 aromatic heterocycles. The monoisotopic (exact) mass is 517 g/mol. The summed E-state index contributed by atoms with van der Waals surface area (Å²) in [5, 5.41) is 2.71. The van der Waals surface area contributed by atoms with Crippen LogP contribution in [0.25, 0.3) is 33.4 Å². The Morgan fingerprint density at radius 3 is 2.21 bits per heavy atom. The molecule has 7 nitrogen and oxygen atoms in total. The van der Waals surface area contributed by atoms with Crippen molar-refractivity contribution in [2.24, 2.45) is 5.84 Å². The average molecular weight is 518 g/mol. The minimum atomic E-state index is -2.86. The van der Waals surface area contributed by atoms with Gasteiger partial charge in [-0.15, -0.1) is 0 Å². The molecule has 0 spiro atoms. The summed E-state index contributed by atoms with van der Waals surface area (Å²) in [7, 11) is 0. The molecule has 0 radical (unpaired) electrons. The van der Waals surface area contributed by atoms with Crippen LogP contribution in [0, 0.1) is 0 Å². The number of amides is 1. The molecule has 1 amide bonds. The first-order valence-corrected chi connectivity index (χ1v) is 12.3. The second-order valence-corrected chi connectivity index (χ2v) is 10.6. The number of nitrogen functional groups attached to an aromatic ring is 1. The van der Waals surface area contributed by atoms with Crippen LogP contribution in [0.4, 0.5) is 19.4 Å². The van der Waals surface area contributed by atoms with Crippen LogP contribution in [0.5, 0.6) is 0 Å². The molecule has 0 unspecified atom stereocenters. The van der Waals surface area contributed by atoms with E-state index in [9.17, 15) is 13.6 Å². The minimum absolute atomic E-state index is 0.495. The number of hydrazine groups is 1. The summed E-state index contributed by atoms with van der Waals surface area (Å²) in [6, 6.07) is 22.6. The Labute approximate surface area is 219 Å². The molecule has 1 saturated carbocycles. The van der Waals surface area contributed by atoms with Crippen LogP contribution in [-0.4, -0.2) is 27.6 Å². The van der Waals surface area contributed by atoms with Crippen molar-refractivity contribution in [1.82, 2.24) is 15.3 Å². The Balaban J connectivity index is 1.54. The van der Waals surface area contributed by atoms with Gasteiger partial charge in [-0.1, -0.05) is 54.6 Å². The zero-order valence-electron chi connectivity index (χ0n) is 21.4. The number of ether oxygens (including phenoxy) is 1. The van der Waals surface area contributed by atoms with Gasteiger partial charge >= 0.3 is 6.09 Å². The number of rotatable bonds is 5. The summed E-state index contributed by atoms with van der Waals surface area (Å²) in [5.74, 6) is 3.20. The van der Waals surface area contributed by atoms with E-state index in [1.165, 1.54) is 0 Å². The van der Waals surface area contributed by atoms with Crippen LogP contribution in [-0.2, 0) is 10.3 Å². The van der Waals surface area contributed by atoms with Gasteiger partial charge in [-0.05, 0) is 50.1 Å². The number of fused-ring (bicyclic) bond motifs is 1. The van der Waals surface area contributed by atoms with E-state index < -0.39 is 36.0 Å². The lowest BCUT2D eigenvalue weighted by Gasteiger charge is -2.48. The van der Waals surface area contributed by atoms with Crippen LogP contribution >= 0.6 is 0 Å². The van der Waals surface area contributed by atoms with E-state index in [2.05, 4.69) is 15.7 Å². The Bertz CT molecular complexity index is 1480. The van der Waals surface area contributed by atoms with Crippen molar-refractivity contribution in [2.45, 2.75) is 50.7 Å². The van der Waals surface area contributed by atoms with E-state index in [4.69, 9.17) is 15.6 Å². The highest BCUT2D eigenvalue weighted by Crippen LogP contribution is 2.52. The van der Waals surface area contributed by atoms with E-state index in [0.717, 1.165) is 22.4 Å². The van der Waals surface area contributed by atoms with Crippen molar-refractivity contribution in [3.05, 3.63) is 78.4 Å². The summed E-state index contributed by atoms with van der Waals surface area (Å²) in [6.45, 7) is 5.19. The van der Waals surface area contributed by atoms with Gasteiger partial charge in [0.05, 0.1) is 22.3 Å². The lowest BCUT2D eigenvalue weighted by atomic mass is 9.69. The fourth-order valence-corrected chi connectivity index (χ4v) is 4.83. The summed E-state index contributed by atoms with van der Waals surface area (Å²) < 4.78 is 33.5. The topological polar surface area (TPSA) is 102 Å². The second-order valence-electron chi connectivity index (χ2n) is 10.6. The molecule has 5 rings (SSSR count). The number of nitrogens with two attached hydrogens (primary N) is 1. The number of alkyl carbamates (subject to hydrolysis) is 1. The Morgan fingerprint density at radius 1 is 0.921 bits per heavy atom. The van der Waals surface area contributed by atoms with Crippen molar-refractivity contribution in [3.63, 3.8) is 0 Å². The lowest BCUT2D eigenvalue weighted by molar-refractivity contribution is -0.136. The predicted molar refractivity (Wildman–Crippen MR) is 143 cm³/mol. The fourth-order valence-electron chi connectivity index (χ4n) is 4.83. The number of pyridine rings is 2. The minimum Gasteiger partial charge on any atom is -0.444 e. The Hall–Kier alpha value is -4.11. The van der Waals surface area contributed by atoms with Crippen molar-refractivity contribution in [2.75, 3.05) is 5.43 Å². The van der Waals surface area contributed by atoms with Crippen LogP contribution < -0.4 is 16.6 Å². The summed E-state index contributed by atoms with van der Waals surface area (Å²) in [6.07, 6.45) is -1.71. The molecule has 2 heterocycles. The van der Waals surface area contributed by atoms with Gasteiger partial charge < -0.3 is 15.5 Å². The molecular formula is C29H29F2N5O2. The van der Waals surface area contributed by atoms with Gasteiger partial charge in [-0.3, -0.25) is 0 Å². The number of nitrogens with one attached hydrogen (secondary N) is 2. The third-order valence-electron chi connectivity index (χ3n) is 6.48. The Morgan fingerprint density at radius 2 is 1.61 bits per heavy atom. The van der Waals surface area contributed by atoms with Crippen LogP contribution in [0.3, 0.4) is 0 Å². The maximum Gasteiger partial charge on any atom is 0.408 e. The third-order valence-corrected chi connectivity index (χ3v) is 6.48. The molecule has 2 aromatic carbocycles. The smallest absolute Gasteiger partial charge is 0.408 e. The standard InChI is InChI=1S/C29H29F2N5O2/c1-27(2,3)38-26(37)35-28(16-29(30,31)17-28)20-11-9-19(10-12-20)25-21(18-7-5-4-6-8-18)15-23-22(34-25)13-14-24(33-23)36-32/h4-15H,16-17,32H2,1-3H3,(H,33,36)(H,35,37). The van der Waals surface area contributed by atoms with Gasteiger partial charge in [0, 0.05) is 24.0 Å². The van der Waals surface area contributed by atoms with E-state index >= 15 is 0 Å². The molecule has 1 aliphatic carbocycles. The third kappa shape index (κ3) is 5.15. The number of halogens is 2. The first-order chi connectivity index (χ1) is 18.0. The maximum atomic E-state index is 14.1. The van der Waals surface area contributed by atoms with Crippen molar-refractivity contribution >= 4 is 22.9 Å². The van der Waals surface area contributed by atoms with Crippen molar-refractivity contribution < 1.29 is 18.3 Å². The molecule has 4 aromatic rings. The highest BCUT2D eigenvalue weighted by atomic mass is 19.3. The largest absolute Gasteiger partial charge is 0.444 e. The quantitative estimate of drug-likeness (QED) is 0.209. The number of benzene rings is 2. The maximum absolute atomic E-state index is 14.1. The van der Waals surface area contributed by atoms with Gasteiger partial charge in [-0.2, -0.15) is 0 Å². The molecule has 4 N–H and O–H groups in total. The van der Waals surface area contributed by atoms with Gasteiger partial charge in [0.25, 0.3) is 5.92 Å². The number of carbonyl (C=O) groups excluding carboxylic acids is 1. The molecule has 196 valence electrons. The van der Waals surface area contributed by atoms with Crippen molar-refractivity contribution in [3.8, 4) is 22.4 Å². The van der Waals surface area contributed by atoms with E-state index in [1.807, 2.05) is 54.6 Å². The molecular weight excluding hydrogens is 488 g/mol. The summed E-state index contributed by atoms with van der Waals surface area (Å²) in [4.78, 5) is 21.9. The number of hydrogen-bond donors (Lipinski definition) is 3. The van der Waals surface area contributed by atoms with Crippen LogP contribution in [0.15, 0.2) is 72.8 Å². The van der Waals surface area contributed by atoms with Gasteiger partial charge in [0.2, 0.25) is 0 Å². The zero-order valence-corrected chi connectivity index (χ0v) is 21.4. The number of aromatic nitrogens is 2. The van der Waals surface area contributed by atoms with Crippen LogP contribution in [0.2, 0.25) is 0 Å². The number of alkyl halides is 2. The molecule has 1 fully saturated rings. The number of carbonyl (C=O) groups is 1. The first-order valence-electron chi connectivity index (χ1n) is 12.3. The summed E-state index contributed by atoms with van der Waals surface area (Å²) >= 11 is 0.